The summed E-state index contributed by atoms with van der Waals surface area (Å²) < 4.78 is 22.4. The van der Waals surface area contributed by atoms with E-state index in [0.717, 1.165) is 19.9 Å². The average molecular weight is 525 g/mol. The molecule has 3 saturated carbocycles. The monoisotopic (exact) mass is 524 g/mol. The van der Waals surface area contributed by atoms with Gasteiger partial charge in [-0.05, 0) is 31.1 Å². The van der Waals surface area contributed by atoms with Gasteiger partial charge in [0.15, 0.2) is 6.10 Å². The van der Waals surface area contributed by atoms with Crippen LogP contribution >= 0.6 is 0 Å². The van der Waals surface area contributed by atoms with Gasteiger partial charge in [-0.1, -0.05) is 20.8 Å². The first kappa shape index (κ1) is 27.5. The molecule has 11 heteroatoms. The number of hydrogen-bond donors (Lipinski definition) is 3. The van der Waals surface area contributed by atoms with Crippen LogP contribution in [0.25, 0.3) is 0 Å². The van der Waals surface area contributed by atoms with E-state index >= 15 is 0 Å². The Morgan fingerprint density at radius 3 is 2.05 bits per heavy atom. The normalized spacial score (nSPS) is 45.8. The fourth-order valence-electron chi connectivity index (χ4n) is 7.94. The van der Waals surface area contributed by atoms with Crippen molar-refractivity contribution in [1.29, 1.82) is 0 Å². The lowest BCUT2D eigenvalue weighted by Gasteiger charge is -2.71. The van der Waals surface area contributed by atoms with Crippen molar-refractivity contribution >= 4 is 23.9 Å². The molecule has 1 heterocycles. The third-order valence-electron chi connectivity index (χ3n) is 9.37. The summed E-state index contributed by atoms with van der Waals surface area (Å²) in [6.07, 6.45) is -2.42. The lowest BCUT2D eigenvalue weighted by Crippen LogP contribution is -2.82. The van der Waals surface area contributed by atoms with Crippen LogP contribution in [0.15, 0.2) is 11.6 Å². The van der Waals surface area contributed by atoms with E-state index in [0.29, 0.717) is 12.8 Å². The molecule has 0 bridgehead atoms. The number of hydrogen-bond acceptors (Lipinski definition) is 11. The van der Waals surface area contributed by atoms with E-state index in [2.05, 4.69) is 0 Å². The Morgan fingerprint density at radius 1 is 0.946 bits per heavy atom. The number of carbonyl (C=O) groups excluding carboxylic acids is 4. The van der Waals surface area contributed by atoms with E-state index in [9.17, 15) is 34.5 Å². The Hall–Kier alpha value is -2.50. The molecule has 9 atom stereocenters. The molecule has 3 aliphatic carbocycles. The third-order valence-corrected chi connectivity index (χ3v) is 9.37. The Balaban J connectivity index is 2.06. The maximum Gasteiger partial charge on any atom is 0.333 e. The zero-order valence-corrected chi connectivity index (χ0v) is 22.2. The lowest BCUT2D eigenvalue weighted by atomic mass is 9.38. The van der Waals surface area contributed by atoms with E-state index < -0.39 is 81.8 Å². The molecule has 0 unspecified atom stereocenters. The molecule has 4 rings (SSSR count). The van der Waals surface area contributed by atoms with Crippen molar-refractivity contribution in [3.05, 3.63) is 11.6 Å². The van der Waals surface area contributed by atoms with Gasteiger partial charge < -0.3 is 34.3 Å². The minimum Gasteiger partial charge on any atom is -0.462 e. The summed E-state index contributed by atoms with van der Waals surface area (Å²) in [4.78, 5) is 49.2. The van der Waals surface area contributed by atoms with Gasteiger partial charge in [-0.3, -0.25) is 14.4 Å². The molecular weight excluding hydrogens is 488 g/mol. The topological polar surface area (TPSA) is 166 Å². The number of carbonyl (C=O) groups is 4. The van der Waals surface area contributed by atoms with Crippen molar-refractivity contribution in [2.75, 3.05) is 0 Å². The first-order valence-corrected chi connectivity index (χ1v) is 12.5. The Bertz CT molecular complexity index is 1080. The molecule has 11 nitrogen and oxygen atoms in total. The molecule has 37 heavy (non-hydrogen) atoms. The standard InChI is InChI=1S/C26H36O11/c1-12(27)34-17-8-9-22(4,5)26(33)21(36-14(3)29)20(35-13(2)28)19-15(23(17,26)6)11-25(32)16(24(19,7)31)10-18(30)37-25/h10,15,17,19-21,31-33H,8-9,11H2,1-7H3/t15-,17+,19-,20-,21+,23+,24-,25-,26-/m1/s1. The smallest absolute Gasteiger partial charge is 0.333 e. The van der Waals surface area contributed by atoms with Crippen LogP contribution in [0.1, 0.15) is 67.7 Å². The summed E-state index contributed by atoms with van der Waals surface area (Å²) in [5.74, 6) is -7.22. The van der Waals surface area contributed by atoms with Crippen molar-refractivity contribution in [3.8, 4) is 0 Å². The molecule has 4 aliphatic rings. The fourth-order valence-corrected chi connectivity index (χ4v) is 7.94. The van der Waals surface area contributed by atoms with Gasteiger partial charge in [0.2, 0.25) is 5.79 Å². The SMILES string of the molecule is CC(=O)O[C@@H]1[C@H]2[C@@H](C[C@@]3(O)OC(=O)C=C3[C@@]2(C)O)[C@@]2(C)[C@@H](OC(C)=O)CCC(C)(C)[C@]2(O)[C@H]1OC(C)=O. The maximum atomic E-state index is 12.8. The molecule has 0 aromatic carbocycles. The number of esters is 4. The van der Waals surface area contributed by atoms with Gasteiger partial charge in [-0.15, -0.1) is 0 Å². The number of aliphatic hydroxyl groups is 3. The van der Waals surface area contributed by atoms with Crippen molar-refractivity contribution in [1.82, 2.24) is 0 Å². The molecule has 1 aliphatic heterocycles. The highest BCUT2D eigenvalue weighted by atomic mass is 16.7. The molecule has 0 aromatic heterocycles. The average Bonchev–Trinajstić information content (AvgIpc) is 3.05. The molecule has 0 spiro atoms. The fraction of sp³-hybridized carbons (Fsp3) is 0.769. The van der Waals surface area contributed by atoms with Crippen molar-refractivity contribution in [2.24, 2.45) is 22.7 Å². The van der Waals surface area contributed by atoms with Crippen LogP contribution in [-0.4, -0.2) is 74.5 Å². The Labute approximate surface area is 215 Å². The van der Waals surface area contributed by atoms with Crippen molar-refractivity contribution in [2.45, 2.75) is 103 Å². The highest BCUT2D eigenvalue weighted by Crippen LogP contribution is 2.70. The van der Waals surface area contributed by atoms with Gasteiger partial charge in [0.05, 0.1) is 5.60 Å². The summed E-state index contributed by atoms with van der Waals surface area (Å²) in [7, 11) is 0. The van der Waals surface area contributed by atoms with E-state index in [1.54, 1.807) is 20.8 Å². The largest absolute Gasteiger partial charge is 0.462 e. The third kappa shape index (κ3) is 3.64. The first-order chi connectivity index (χ1) is 16.8. The quantitative estimate of drug-likeness (QED) is 0.355. The maximum absolute atomic E-state index is 12.8. The number of ether oxygens (including phenoxy) is 4. The number of fused-ring (bicyclic) bond motifs is 4. The minimum atomic E-state index is -2.21. The Kier molecular flexibility index (Phi) is 6.14. The molecular formula is C26H36O11. The van der Waals surface area contributed by atoms with E-state index in [4.69, 9.17) is 18.9 Å². The molecule has 0 amide bonds. The van der Waals surface area contributed by atoms with E-state index in [1.165, 1.54) is 13.8 Å². The summed E-state index contributed by atoms with van der Waals surface area (Å²) in [6.45, 7) is 10.1. The summed E-state index contributed by atoms with van der Waals surface area (Å²) in [5.41, 5.74) is -6.59. The van der Waals surface area contributed by atoms with Gasteiger partial charge in [0, 0.05) is 50.2 Å². The number of rotatable bonds is 3. The van der Waals surface area contributed by atoms with Crippen molar-refractivity contribution < 1.29 is 53.4 Å². The molecule has 0 radical (unpaired) electrons. The van der Waals surface area contributed by atoms with Crippen LogP contribution in [0.4, 0.5) is 0 Å². The van der Waals surface area contributed by atoms with Crippen LogP contribution in [0, 0.1) is 22.7 Å². The summed E-state index contributed by atoms with van der Waals surface area (Å²) in [5, 5.41) is 36.2. The summed E-state index contributed by atoms with van der Waals surface area (Å²) in [6, 6.07) is 0. The van der Waals surface area contributed by atoms with Crippen LogP contribution in [0.3, 0.4) is 0 Å². The molecule has 3 N–H and O–H groups in total. The lowest BCUT2D eigenvalue weighted by molar-refractivity contribution is -0.361. The van der Waals surface area contributed by atoms with Crippen LogP contribution < -0.4 is 0 Å². The van der Waals surface area contributed by atoms with Crippen LogP contribution in [-0.2, 0) is 38.1 Å². The zero-order chi connectivity index (χ0) is 27.9. The Morgan fingerprint density at radius 2 is 1.51 bits per heavy atom. The van der Waals surface area contributed by atoms with Crippen LogP contribution in [0.5, 0.6) is 0 Å². The molecule has 3 fully saturated rings. The second kappa shape index (κ2) is 8.25. The predicted molar refractivity (Wildman–Crippen MR) is 124 cm³/mol. The second-order valence-corrected chi connectivity index (χ2v) is 11.9. The molecule has 206 valence electrons. The van der Waals surface area contributed by atoms with E-state index in [-0.39, 0.29) is 12.0 Å². The van der Waals surface area contributed by atoms with Gasteiger partial charge in [-0.25, -0.2) is 4.79 Å². The highest BCUT2D eigenvalue weighted by molar-refractivity contribution is 5.87. The van der Waals surface area contributed by atoms with Gasteiger partial charge in [0.25, 0.3) is 0 Å². The second-order valence-electron chi connectivity index (χ2n) is 11.9. The van der Waals surface area contributed by atoms with Gasteiger partial charge in [0.1, 0.15) is 17.8 Å². The highest BCUT2D eigenvalue weighted by Gasteiger charge is 2.80. The van der Waals surface area contributed by atoms with E-state index in [1.807, 2.05) is 0 Å². The molecule has 0 saturated heterocycles. The zero-order valence-electron chi connectivity index (χ0n) is 22.2. The predicted octanol–water partition coefficient (Wildman–Crippen LogP) is 0.911. The minimum absolute atomic E-state index is 0.127. The van der Waals surface area contributed by atoms with Gasteiger partial charge >= 0.3 is 23.9 Å². The molecule has 0 aromatic rings. The van der Waals surface area contributed by atoms with Crippen LogP contribution in [0.2, 0.25) is 0 Å². The van der Waals surface area contributed by atoms with Gasteiger partial charge in [-0.2, -0.15) is 0 Å². The first-order valence-electron chi connectivity index (χ1n) is 12.5. The van der Waals surface area contributed by atoms with Crippen molar-refractivity contribution in [3.63, 3.8) is 0 Å². The summed E-state index contributed by atoms with van der Waals surface area (Å²) >= 11 is 0.